The third-order valence-electron chi connectivity index (χ3n) is 2.50. The second-order valence-corrected chi connectivity index (χ2v) is 4.22. The Hall–Kier alpha value is -2.24. The van der Waals surface area contributed by atoms with Gasteiger partial charge in [-0.1, -0.05) is 13.8 Å². The average Bonchev–Trinajstić information content (AvgIpc) is 2.77. The molecule has 3 N–H and O–H groups in total. The van der Waals surface area contributed by atoms with Gasteiger partial charge in [-0.05, 0) is 12.0 Å². The molecule has 0 aromatic carbocycles. The van der Waals surface area contributed by atoms with E-state index >= 15 is 0 Å². The van der Waals surface area contributed by atoms with Crippen LogP contribution in [0, 0.1) is 5.82 Å². The second kappa shape index (κ2) is 4.95. The molecule has 2 aromatic heterocycles. The molecule has 5 nitrogen and oxygen atoms in total. The molecule has 0 saturated carbocycles. The van der Waals surface area contributed by atoms with Crippen LogP contribution >= 0.6 is 0 Å². The van der Waals surface area contributed by atoms with Crippen LogP contribution in [0.3, 0.4) is 0 Å². The van der Waals surface area contributed by atoms with Crippen molar-refractivity contribution < 1.29 is 4.39 Å². The predicted octanol–water partition coefficient (Wildman–Crippen LogP) is 2.10. The lowest BCUT2D eigenvalue weighted by Gasteiger charge is -2.03. The van der Waals surface area contributed by atoms with Crippen LogP contribution in [0.25, 0.3) is 0 Å². The van der Waals surface area contributed by atoms with Crippen molar-refractivity contribution in [3.05, 3.63) is 41.6 Å². The largest absolute Gasteiger partial charge is 0.383 e. The van der Waals surface area contributed by atoms with Crippen molar-refractivity contribution in [1.29, 1.82) is 0 Å². The number of hydrogen-bond acceptors (Lipinski definition) is 3. The van der Waals surface area contributed by atoms with Crippen molar-refractivity contribution in [2.24, 2.45) is 10.7 Å². The summed E-state index contributed by atoms with van der Waals surface area (Å²) in [6, 6.07) is 1.29. The molecule has 6 heteroatoms. The van der Waals surface area contributed by atoms with Crippen LogP contribution in [-0.4, -0.2) is 21.0 Å². The fourth-order valence-electron chi connectivity index (χ4n) is 1.54. The highest BCUT2D eigenvalue weighted by Crippen LogP contribution is 2.23. The summed E-state index contributed by atoms with van der Waals surface area (Å²) >= 11 is 0. The smallest absolute Gasteiger partial charge is 0.153 e. The fourth-order valence-corrected chi connectivity index (χ4v) is 1.54. The molecule has 94 valence electrons. The fraction of sp³-hybridized carbons (Fsp3) is 0.250. The van der Waals surface area contributed by atoms with Gasteiger partial charge in [-0.25, -0.2) is 9.38 Å². The summed E-state index contributed by atoms with van der Waals surface area (Å²) in [6.07, 6.45) is 4.29. The molecule has 0 atom stereocenters. The summed E-state index contributed by atoms with van der Waals surface area (Å²) in [7, 11) is 0. The lowest BCUT2D eigenvalue weighted by atomic mass is 10.1. The van der Waals surface area contributed by atoms with Gasteiger partial charge < -0.3 is 5.73 Å². The quantitative estimate of drug-likeness (QED) is 0.644. The molecule has 0 saturated heterocycles. The third-order valence-corrected chi connectivity index (χ3v) is 2.50. The number of pyridine rings is 1. The summed E-state index contributed by atoms with van der Waals surface area (Å²) in [5.41, 5.74) is 7.22. The molecule has 0 bridgehead atoms. The highest BCUT2D eigenvalue weighted by atomic mass is 19.1. The average molecular weight is 247 g/mol. The number of aliphatic imine (C=N–C) groups is 1. The molecule has 18 heavy (non-hydrogen) atoms. The topological polar surface area (TPSA) is 80.0 Å². The van der Waals surface area contributed by atoms with E-state index in [2.05, 4.69) is 20.2 Å². The van der Waals surface area contributed by atoms with Crippen molar-refractivity contribution in [2.45, 2.75) is 19.8 Å². The number of nitrogens with two attached hydrogens (primary N) is 1. The molecular weight excluding hydrogens is 233 g/mol. The van der Waals surface area contributed by atoms with E-state index < -0.39 is 5.82 Å². The van der Waals surface area contributed by atoms with Crippen LogP contribution in [0.4, 0.5) is 10.2 Å². The van der Waals surface area contributed by atoms with Gasteiger partial charge >= 0.3 is 0 Å². The first kappa shape index (κ1) is 12.2. The maximum atomic E-state index is 13.0. The van der Waals surface area contributed by atoms with E-state index in [1.54, 1.807) is 6.20 Å². The molecular formula is C12H14FN5. The van der Waals surface area contributed by atoms with Crippen molar-refractivity contribution in [2.75, 3.05) is 0 Å². The maximum absolute atomic E-state index is 13.0. The number of amidine groups is 1. The minimum atomic E-state index is -0.445. The van der Waals surface area contributed by atoms with Crippen LogP contribution in [0.1, 0.15) is 30.9 Å². The molecule has 2 heterocycles. The van der Waals surface area contributed by atoms with Gasteiger partial charge in [0.25, 0.3) is 0 Å². The third kappa shape index (κ3) is 2.53. The minimum absolute atomic E-state index is 0.202. The highest BCUT2D eigenvalue weighted by molar-refractivity contribution is 5.98. The first-order valence-electron chi connectivity index (χ1n) is 5.56. The number of hydrogen-bond donors (Lipinski definition) is 2. The second-order valence-electron chi connectivity index (χ2n) is 4.22. The van der Waals surface area contributed by atoms with Gasteiger partial charge in [-0.15, -0.1) is 0 Å². The van der Waals surface area contributed by atoms with E-state index in [4.69, 9.17) is 5.73 Å². The Kier molecular flexibility index (Phi) is 3.36. The standard InChI is InChI=1S/C12H14FN5/c1-7(2)10-6-16-18-12(10)17-11(14)8-3-9(13)5-15-4-8/h3-7H,1-2H3,(H3,14,16,17,18). The van der Waals surface area contributed by atoms with Crippen LogP contribution in [0.15, 0.2) is 29.6 Å². The van der Waals surface area contributed by atoms with Gasteiger partial charge in [-0.3, -0.25) is 10.1 Å². The van der Waals surface area contributed by atoms with Gasteiger partial charge in [-0.2, -0.15) is 5.10 Å². The van der Waals surface area contributed by atoms with Gasteiger partial charge in [0, 0.05) is 17.3 Å². The molecule has 0 spiro atoms. The van der Waals surface area contributed by atoms with Crippen molar-refractivity contribution >= 4 is 11.7 Å². The van der Waals surface area contributed by atoms with Crippen molar-refractivity contribution in [3.63, 3.8) is 0 Å². The van der Waals surface area contributed by atoms with Crippen molar-refractivity contribution in [1.82, 2.24) is 15.2 Å². The van der Waals surface area contributed by atoms with Gasteiger partial charge in [0.15, 0.2) is 5.82 Å². The Morgan fingerprint density at radius 3 is 2.83 bits per heavy atom. The highest BCUT2D eigenvalue weighted by Gasteiger charge is 2.09. The van der Waals surface area contributed by atoms with Crippen LogP contribution < -0.4 is 5.73 Å². The zero-order valence-electron chi connectivity index (χ0n) is 10.2. The summed E-state index contributed by atoms with van der Waals surface area (Å²) in [6.45, 7) is 4.06. The van der Waals surface area contributed by atoms with Gasteiger partial charge in [0.2, 0.25) is 0 Å². The predicted molar refractivity (Wildman–Crippen MR) is 67.3 cm³/mol. The van der Waals surface area contributed by atoms with Gasteiger partial charge in [0.05, 0.1) is 12.4 Å². The number of nitrogens with zero attached hydrogens (tertiary/aromatic N) is 3. The zero-order chi connectivity index (χ0) is 13.1. The summed E-state index contributed by atoms with van der Waals surface area (Å²) < 4.78 is 13.0. The normalized spacial score (nSPS) is 12.1. The first-order chi connectivity index (χ1) is 8.58. The molecule has 2 aromatic rings. The number of nitrogens with one attached hydrogen (secondary N) is 1. The van der Waals surface area contributed by atoms with E-state index in [9.17, 15) is 4.39 Å². The lowest BCUT2D eigenvalue weighted by molar-refractivity contribution is 0.621. The molecule has 0 radical (unpaired) electrons. The lowest BCUT2D eigenvalue weighted by Crippen LogP contribution is -2.13. The van der Waals surface area contributed by atoms with E-state index in [1.165, 1.54) is 12.3 Å². The van der Waals surface area contributed by atoms with Crippen LogP contribution in [-0.2, 0) is 0 Å². The number of rotatable bonds is 3. The molecule has 0 aliphatic carbocycles. The Bertz CT molecular complexity index is 573. The number of aromatic amines is 1. The van der Waals surface area contributed by atoms with E-state index in [1.807, 2.05) is 13.8 Å². The first-order valence-corrected chi connectivity index (χ1v) is 5.56. The molecule has 0 aliphatic heterocycles. The number of H-pyrrole nitrogens is 1. The monoisotopic (exact) mass is 247 g/mol. The molecule has 2 rings (SSSR count). The van der Waals surface area contributed by atoms with Gasteiger partial charge in [0.1, 0.15) is 11.7 Å². The summed E-state index contributed by atoms with van der Waals surface area (Å²) in [4.78, 5) is 7.95. The molecule has 0 fully saturated rings. The van der Waals surface area contributed by atoms with Crippen LogP contribution in [0.2, 0.25) is 0 Å². The number of halogens is 1. The SMILES string of the molecule is CC(C)c1cn[nH]c1/N=C(\N)c1cncc(F)c1. The summed E-state index contributed by atoms with van der Waals surface area (Å²) in [5, 5.41) is 6.70. The van der Waals surface area contributed by atoms with Crippen LogP contribution in [0.5, 0.6) is 0 Å². The minimum Gasteiger partial charge on any atom is -0.383 e. The van der Waals surface area contributed by atoms with Crippen molar-refractivity contribution in [3.8, 4) is 0 Å². The zero-order valence-corrected chi connectivity index (χ0v) is 10.2. The molecule has 0 unspecified atom stereocenters. The Labute approximate surface area is 104 Å². The Morgan fingerprint density at radius 1 is 1.39 bits per heavy atom. The van der Waals surface area contributed by atoms with E-state index in [0.29, 0.717) is 11.4 Å². The Balaban J connectivity index is 2.36. The summed E-state index contributed by atoms with van der Waals surface area (Å²) in [5.74, 6) is 0.625. The Morgan fingerprint density at radius 2 is 2.17 bits per heavy atom. The maximum Gasteiger partial charge on any atom is 0.153 e. The number of aromatic nitrogens is 3. The molecule has 0 aliphatic rings. The van der Waals surface area contributed by atoms with E-state index in [-0.39, 0.29) is 11.8 Å². The van der Waals surface area contributed by atoms with E-state index in [0.717, 1.165) is 11.8 Å². The molecule has 0 amide bonds.